The second-order valence-electron chi connectivity index (χ2n) is 5.45. The van der Waals surface area contributed by atoms with Crippen molar-refractivity contribution in [1.29, 1.82) is 0 Å². The molecule has 156 valence electrons. The molecule has 0 radical (unpaired) electrons. The summed E-state index contributed by atoms with van der Waals surface area (Å²) in [7, 11) is 3.58. The Kier molecular flexibility index (Phi) is 6.42. The lowest BCUT2D eigenvalue weighted by Crippen LogP contribution is -2.16. The van der Waals surface area contributed by atoms with Crippen LogP contribution in [-0.2, 0) is 6.18 Å². The van der Waals surface area contributed by atoms with Crippen LogP contribution >= 0.6 is 11.6 Å². The van der Waals surface area contributed by atoms with Crippen LogP contribution in [0.2, 0.25) is 5.02 Å². The number of ether oxygens (including phenoxy) is 3. The monoisotopic (exact) mass is 434 g/mol. The first-order valence-corrected chi connectivity index (χ1v) is 8.08. The fourth-order valence-corrected chi connectivity index (χ4v) is 2.74. The number of methoxy groups -OCH3 is 3. The summed E-state index contributed by atoms with van der Waals surface area (Å²) < 4.78 is 54.1. The quantitative estimate of drug-likeness (QED) is 0.529. The summed E-state index contributed by atoms with van der Waals surface area (Å²) in [6.45, 7) is 0. The largest absolute Gasteiger partial charge is 0.493 e. The number of nitrogens with zero attached hydrogens (tertiary/aromatic N) is 1. The van der Waals surface area contributed by atoms with Gasteiger partial charge in [-0.05, 0) is 18.2 Å². The number of carbonyl (C=O) groups is 1. The first-order valence-electron chi connectivity index (χ1n) is 7.70. The zero-order valence-corrected chi connectivity index (χ0v) is 16.0. The van der Waals surface area contributed by atoms with E-state index in [9.17, 15) is 28.1 Å². The van der Waals surface area contributed by atoms with Gasteiger partial charge in [0.15, 0.2) is 5.75 Å². The second-order valence-corrected chi connectivity index (χ2v) is 5.85. The standard InChI is InChI=1S/C17H14ClF3N2O6/c1-27-12-7-9(13(23(25)26)15(29-3)14(12)28-2)16(24)22-8-4-5-11(18)10(6-8)17(19,20)21/h4-7H,1-3H3,(H,22,24). The maximum atomic E-state index is 13.0. The Hall–Kier alpha value is -3.21. The average molecular weight is 435 g/mol. The van der Waals surface area contributed by atoms with E-state index in [0.717, 1.165) is 25.3 Å². The van der Waals surface area contributed by atoms with Crippen LogP contribution < -0.4 is 19.5 Å². The van der Waals surface area contributed by atoms with Gasteiger partial charge in [0.05, 0.1) is 36.8 Å². The van der Waals surface area contributed by atoms with Gasteiger partial charge in [-0.25, -0.2) is 0 Å². The molecule has 0 aliphatic rings. The zero-order valence-electron chi connectivity index (χ0n) is 15.2. The van der Waals surface area contributed by atoms with E-state index in [1.165, 1.54) is 14.2 Å². The van der Waals surface area contributed by atoms with Crippen LogP contribution in [-0.4, -0.2) is 32.2 Å². The molecular formula is C17H14ClF3N2O6. The molecule has 0 spiro atoms. The van der Waals surface area contributed by atoms with Gasteiger partial charge in [-0.15, -0.1) is 0 Å². The van der Waals surface area contributed by atoms with Crippen molar-refractivity contribution in [3.63, 3.8) is 0 Å². The number of halogens is 4. The van der Waals surface area contributed by atoms with Crippen LogP contribution in [0.25, 0.3) is 0 Å². The third-order valence-corrected chi connectivity index (χ3v) is 4.09. The highest BCUT2D eigenvalue weighted by molar-refractivity contribution is 6.31. The summed E-state index contributed by atoms with van der Waals surface area (Å²) >= 11 is 5.54. The molecule has 1 amide bonds. The topological polar surface area (TPSA) is 99.9 Å². The van der Waals surface area contributed by atoms with Gasteiger partial charge in [-0.2, -0.15) is 13.2 Å². The van der Waals surface area contributed by atoms with Gasteiger partial charge in [-0.3, -0.25) is 14.9 Å². The van der Waals surface area contributed by atoms with Crippen molar-refractivity contribution >= 4 is 28.9 Å². The zero-order chi connectivity index (χ0) is 21.9. The molecule has 0 aliphatic carbocycles. The maximum Gasteiger partial charge on any atom is 0.417 e. The number of nitrogens with one attached hydrogen (secondary N) is 1. The van der Waals surface area contributed by atoms with Crippen LogP contribution in [0.4, 0.5) is 24.5 Å². The Morgan fingerprint density at radius 1 is 1.10 bits per heavy atom. The highest BCUT2D eigenvalue weighted by Gasteiger charge is 2.35. The Morgan fingerprint density at radius 2 is 1.72 bits per heavy atom. The highest BCUT2D eigenvalue weighted by Crippen LogP contribution is 2.46. The first kappa shape index (κ1) is 22.1. The summed E-state index contributed by atoms with van der Waals surface area (Å²) in [6, 6.07) is 3.71. The highest BCUT2D eigenvalue weighted by atomic mass is 35.5. The van der Waals surface area contributed by atoms with Gasteiger partial charge >= 0.3 is 11.9 Å². The number of alkyl halides is 3. The predicted octanol–water partition coefficient (Wildman–Crippen LogP) is 4.55. The molecule has 0 heterocycles. The molecule has 0 bridgehead atoms. The molecule has 2 rings (SSSR count). The molecule has 2 aromatic carbocycles. The minimum atomic E-state index is -4.75. The Balaban J connectivity index is 2.57. The SMILES string of the molecule is COc1cc(C(=O)Nc2ccc(Cl)c(C(F)(F)F)c2)c([N+](=O)[O-])c(OC)c1OC. The molecule has 0 aliphatic heterocycles. The van der Waals surface area contributed by atoms with E-state index in [1.54, 1.807) is 0 Å². The van der Waals surface area contributed by atoms with E-state index >= 15 is 0 Å². The summed E-state index contributed by atoms with van der Waals surface area (Å²) in [5.41, 5.74) is -2.69. The van der Waals surface area contributed by atoms with Crippen LogP contribution in [0.5, 0.6) is 17.2 Å². The smallest absolute Gasteiger partial charge is 0.417 e. The molecule has 12 heteroatoms. The molecule has 8 nitrogen and oxygen atoms in total. The van der Waals surface area contributed by atoms with Gasteiger partial charge in [-0.1, -0.05) is 11.6 Å². The molecular weight excluding hydrogens is 421 g/mol. The lowest BCUT2D eigenvalue weighted by atomic mass is 10.1. The van der Waals surface area contributed by atoms with Crippen LogP contribution in [0, 0.1) is 10.1 Å². The molecule has 0 fully saturated rings. The number of nitro benzene ring substituents is 1. The lowest BCUT2D eigenvalue weighted by molar-refractivity contribution is -0.386. The summed E-state index contributed by atoms with van der Waals surface area (Å²) in [6.07, 6.45) is -4.75. The molecule has 0 atom stereocenters. The Bertz CT molecular complexity index is 965. The van der Waals surface area contributed by atoms with E-state index in [0.29, 0.717) is 6.07 Å². The molecule has 29 heavy (non-hydrogen) atoms. The van der Waals surface area contributed by atoms with Crippen molar-refractivity contribution in [1.82, 2.24) is 0 Å². The molecule has 0 unspecified atom stereocenters. The van der Waals surface area contributed by atoms with Crippen molar-refractivity contribution in [2.24, 2.45) is 0 Å². The number of nitro groups is 1. The van der Waals surface area contributed by atoms with Crippen LogP contribution in [0.15, 0.2) is 24.3 Å². The number of anilines is 1. The first-order chi connectivity index (χ1) is 13.5. The van der Waals surface area contributed by atoms with E-state index in [1.807, 2.05) is 0 Å². The fourth-order valence-electron chi connectivity index (χ4n) is 2.51. The minimum Gasteiger partial charge on any atom is -0.493 e. The Labute approximate surface area is 167 Å². The minimum absolute atomic E-state index is 0.0489. The fraction of sp³-hybridized carbons (Fsp3) is 0.235. The third kappa shape index (κ3) is 4.45. The molecule has 0 saturated carbocycles. The van der Waals surface area contributed by atoms with Crippen LogP contribution in [0.3, 0.4) is 0 Å². The third-order valence-electron chi connectivity index (χ3n) is 3.76. The number of carbonyl (C=O) groups excluding carboxylic acids is 1. The maximum absolute atomic E-state index is 13.0. The molecule has 2 aromatic rings. The van der Waals surface area contributed by atoms with Crippen molar-refractivity contribution in [3.05, 3.63) is 50.5 Å². The second kappa shape index (κ2) is 8.43. The predicted molar refractivity (Wildman–Crippen MR) is 97.2 cm³/mol. The van der Waals surface area contributed by atoms with Gasteiger partial charge in [0, 0.05) is 11.8 Å². The number of hydrogen-bond acceptors (Lipinski definition) is 6. The number of amides is 1. The van der Waals surface area contributed by atoms with Crippen molar-refractivity contribution in [2.45, 2.75) is 6.18 Å². The lowest BCUT2D eigenvalue weighted by Gasteiger charge is -2.15. The number of hydrogen-bond donors (Lipinski definition) is 1. The van der Waals surface area contributed by atoms with Gasteiger partial charge in [0.2, 0.25) is 11.5 Å². The summed E-state index contributed by atoms with van der Waals surface area (Å²) in [5.74, 6) is -1.61. The summed E-state index contributed by atoms with van der Waals surface area (Å²) in [5, 5.41) is 13.2. The molecule has 0 aromatic heterocycles. The van der Waals surface area contributed by atoms with E-state index in [4.69, 9.17) is 25.8 Å². The van der Waals surface area contributed by atoms with Crippen molar-refractivity contribution in [2.75, 3.05) is 26.6 Å². The van der Waals surface area contributed by atoms with Gasteiger partial charge < -0.3 is 19.5 Å². The number of rotatable bonds is 6. The normalized spacial score (nSPS) is 11.0. The van der Waals surface area contributed by atoms with Crippen molar-refractivity contribution < 1.29 is 37.1 Å². The summed E-state index contributed by atoms with van der Waals surface area (Å²) in [4.78, 5) is 23.3. The van der Waals surface area contributed by atoms with E-state index in [-0.39, 0.29) is 22.9 Å². The van der Waals surface area contributed by atoms with E-state index in [2.05, 4.69) is 5.32 Å². The molecule has 1 N–H and O–H groups in total. The van der Waals surface area contributed by atoms with Crippen LogP contribution in [0.1, 0.15) is 15.9 Å². The average Bonchev–Trinajstić information content (AvgIpc) is 2.66. The Morgan fingerprint density at radius 3 is 2.21 bits per heavy atom. The van der Waals surface area contributed by atoms with Crippen molar-refractivity contribution in [3.8, 4) is 17.2 Å². The van der Waals surface area contributed by atoms with Gasteiger partial charge in [0.1, 0.15) is 5.56 Å². The molecule has 0 saturated heterocycles. The number of benzene rings is 2. The van der Waals surface area contributed by atoms with E-state index < -0.39 is 38.8 Å². The van der Waals surface area contributed by atoms with Gasteiger partial charge in [0.25, 0.3) is 5.91 Å².